The standard InChI is InChI=1S/C18H18N4O4/c1-22-11-15(20-17(23)12-5-3-6-13(9-12)25-2)16(21-22)18(24)19-10-14-7-4-8-26-14/h3-9,11H,10H2,1-2H3,(H,19,24)(H,20,23). The van der Waals surface area contributed by atoms with E-state index >= 15 is 0 Å². The first-order valence-electron chi connectivity index (χ1n) is 7.86. The monoisotopic (exact) mass is 354 g/mol. The van der Waals surface area contributed by atoms with Crippen molar-refractivity contribution in [1.29, 1.82) is 0 Å². The highest BCUT2D eigenvalue weighted by molar-refractivity contribution is 6.08. The Bertz CT molecular complexity index is 915. The molecule has 134 valence electrons. The Kier molecular flexibility index (Phi) is 5.02. The molecule has 3 rings (SSSR count). The van der Waals surface area contributed by atoms with Crippen molar-refractivity contribution in [2.75, 3.05) is 12.4 Å². The number of carbonyl (C=O) groups excluding carboxylic acids is 2. The van der Waals surface area contributed by atoms with Crippen molar-refractivity contribution in [3.63, 3.8) is 0 Å². The van der Waals surface area contributed by atoms with Crippen LogP contribution in [0.15, 0.2) is 53.3 Å². The van der Waals surface area contributed by atoms with E-state index in [0.717, 1.165) is 0 Å². The number of ether oxygens (including phenoxy) is 1. The second-order valence-corrected chi connectivity index (χ2v) is 5.51. The van der Waals surface area contributed by atoms with Crippen LogP contribution in [-0.4, -0.2) is 28.7 Å². The molecule has 0 saturated carbocycles. The molecule has 0 saturated heterocycles. The van der Waals surface area contributed by atoms with Gasteiger partial charge in [0.25, 0.3) is 11.8 Å². The number of rotatable bonds is 6. The zero-order chi connectivity index (χ0) is 18.5. The number of hydrogen-bond acceptors (Lipinski definition) is 5. The molecule has 3 aromatic rings. The summed E-state index contributed by atoms with van der Waals surface area (Å²) in [5.41, 5.74) is 0.850. The van der Waals surface area contributed by atoms with Crippen LogP contribution in [0.3, 0.4) is 0 Å². The maximum absolute atomic E-state index is 12.5. The maximum Gasteiger partial charge on any atom is 0.274 e. The lowest BCUT2D eigenvalue weighted by Gasteiger charge is -2.07. The molecule has 0 aliphatic rings. The lowest BCUT2D eigenvalue weighted by atomic mass is 10.2. The molecule has 0 atom stereocenters. The number of nitrogens with one attached hydrogen (secondary N) is 2. The van der Waals surface area contributed by atoms with Crippen LogP contribution in [0.2, 0.25) is 0 Å². The lowest BCUT2D eigenvalue weighted by Crippen LogP contribution is -2.25. The van der Waals surface area contributed by atoms with Crippen LogP contribution in [0.4, 0.5) is 5.69 Å². The highest BCUT2D eigenvalue weighted by atomic mass is 16.5. The molecule has 26 heavy (non-hydrogen) atoms. The average molecular weight is 354 g/mol. The molecule has 1 aromatic carbocycles. The number of furan rings is 1. The molecule has 0 unspecified atom stereocenters. The van der Waals surface area contributed by atoms with E-state index < -0.39 is 5.91 Å². The van der Waals surface area contributed by atoms with Gasteiger partial charge >= 0.3 is 0 Å². The third-order valence-corrected chi connectivity index (χ3v) is 3.63. The normalized spacial score (nSPS) is 10.4. The van der Waals surface area contributed by atoms with E-state index in [2.05, 4.69) is 15.7 Å². The van der Waals surface area contributed by atoms with E-state index in [-0.39, 0.29) is 18.1 Å². The van der Waals surface area contributed by atoms with Crippen LogP contribution in [-0.2, 0) is 13.6 Å². The van der Waals surface area contributed by atoms with Gasteiger partial charge in [-0.15, -0.1) is 0 Å². The summed E-state index contributed by atoms with van der Waals surface area (Å²) in [4.78, 5) is 24.9. The molecule has 2 aromatic heterocycles. The Hall–Kier alpha value is -3.55. The number of benzene rings is 1. The van der Waals surface area contributed by atoms with E-state index in [4.69, 9.17) is 9.15 Å². The zero-order valence-electron chi connectivity index (χ0n) is 14.4. The Morgan fingerprint density at radius 2 is 2.08 bits per heavy atom. The molecule has 2 N–H and O–H groups in total. The number of hydrogen-bond donors (Lipinski definition) is 2. The predicted octanol–water partition coefficient (Wildman–Crippen LogP) is 2.20. The van der Waals surface area contributed by atoms with Gasteiger partial charge < -0.3 is 19.8 Å². The minimum atomic E-state index is -0.414. The van der Waals surface area contributed by atoms with Crippen molar-refractivity contribution >= 4 is 17.5 Å². The summed E-state index contributed by atoms with van der Waals surface area (Å²) in [6.07, 6.45) is 3.10. The molecule has 2 amide bonds. The van der Waals surface area contributed by atoms with Crippen molar-refractivity contribution in [3.8, 4) is 5.75 Å². The predicted molar refractivity (Wildman–Crippen MR) is 94.0 cm³/mol. The number of nitrogens with zero attached hydrogens (tertiary/aromatic N) is 2. The van der Waals surface area contributed by atoms with Crippen LogP contribution in [0.25, 0.3) is 0 Å². The Balaban J connectivity index is 1.73. The van der Waals surface area contributed by atoms with Gasteiger partial charge in [0.05, 0.1) is 25.6 Å². The van der Waals surface area contributed by atoms with Gasteiger partial charge in [0, 0.05) is 18.8 Å². The van der Waals surface area contributed by atoms with E-state index in [1.54, 1.807) is 49.6 Å². The fourth-order valence-electron chi connectivity index (χ4n) is 2.37. The molecule has 0 bridgehead atoms. The summed E-state index contributed by atoms with van der Waals surface area (Å²) >= 11 is 0. The summed E-state index contributed by atoms with van der Waals surface area (Å²) in [6, 6.07) is 10.2. The van der Waals surface area contributed by atoms with Crippen molar-refractivity contribution in [2.24, 2.45) is 7.05 Å². The quantitative estimate of drug-likeness (QED) is 0.707. The number of carbonyl (C=O) groups is 2. The van der Waals surface area contributed by atoms with Gasteiger partial charge in [-0.25, -0.2) is 0 Å². The van der Waals surface area contributed by atoms with E-state index in [1.165, 1.54) is 18.1 Å². The van der Waals surface area contributed by atoms with Crippen molar-refractivity contribution in [3.05, 3.63) is 65.9 Å². The number of amides is 2. The van der Waals surface area contributed by atoms with Crippen molar-refractivity contribution in [2.45, 2.75) is 6.54 Å². The molecule has 0 fully saturated rings. The summed E-state index contributed by atoms with van der Waals surface area (Å²) in [5.74, 6) is 0.413. The van der Waals surface area contributed by atoms with E-state index in [9.17, 15) is 9.59 Å². The molecule has 0 radical (unpaired) electrons. The molecule has 2 heterocycles. The van der Waals surface area contributed by atoms with Gasteiger partial charge in [-0.3, -0.25) is 14.3 Å². The summed E-state index contributed by atoms with van der Waals surface area (Å²) in [5, 5.41) is 9.54. The maximum atomic E-state index is 12.5. The third kappa shape index (κ3) is 3.92. The smallest absolute Gasteiger partial charge is 0.274 e. The minimum Gasteiger partial charge on any atom is -0.497 e. The van der Waals surface area contributed by atoms with Crippen LogP contribution in [0.1, 0.15) is 26.6 Å². The first-order chi connectivity index (χ1) is 12.6. The first kappa shape index (κ1) is 17.3. The second kappa shape index (κ2) is 7.56. The highest BCUT2D eigenvalue weighted by Crippen LogP contribution is 2.17. The molecular formula is C18H18N4O4. The van der Waals surface area contributed by atoms with Crippen LogP contribution >= 0.6 is 0 Å². The van der Waals surface area contributed by atoms with Gasteiger partial charge in [0.15, 0.2) is 5.69 Å². The van der Waals surface area contributed by atoms with Crippen molar-refractivity contribution < 1.29 is 18.7 Å². The van der Waals surface area contributed by atoms with Gasteiger partial charge in [-0.1, -0.05) is 6.07 Å². The average Bonchev–Trinajstić information content (AvgIpc) is 3.29. The molecule has 0 spiro atoms. The topological polar surface area (TPSA) is 98.4 Å². The van der Waals surface area contributed by atoms with Gasteiger partial charge in [-0.05, 0) is 30.3 Å². The summed E-state index contributed by atoms with van der Waals surface area (Å²) < 4.78 is 11.8. The Labute approximate surface area is 149 Å². The Morgan fingerprint density at radius 3 is 2.81 bits per heavy atom. The number of anilines is 1. The minimum absolute atomic E-state index is 0.121. The molecule has 0 aliphatic carbocycles. The number of methoxy groups -OCH3 is 1. The van der Waals surface area contributed by atoms with Crippen LogP contribution in [0, 0.1) is 0 Å². The van der Waals surface area contributed by atoms with E-state index in [1.807, 2.05) is 0 Å². The molecule has 0 aliphatic heterocycles. The lowest BCUT2D eigenvalue weighted by molar-refractivity contribution is 0.0943. The van der Waals surface area contributed by atoms with Crippen molar-refractivity contribution in [1.82, 2.24) is 15.1 Å². The third-order valence-electron chi connectivity index (χ3n) is 3.63. The molecular weight excluding hydrogens is 336 g/mol. The van der Waals surface area contributed by atoms with Gasteiger partial charge in [-0.2, -0.15) is 5.10 Å². The largest absolute Gasteiger partial charge is 0.497 e. The van der Waals surface area contributed by atoms with Gasteiger partial charge in [0.2, 0.25) is 0 Å². The SMILES string of the molecule is COc1cccc(C(=O)Nc2cn(C)nc2C(=O)NCc2ccco2)c1. The van der Waals surface area contributed by atoms with E-state index in [0.29, 0.717) is 22.8 Å². The fourth-order valence-corrected chi connectivity index (χ4v) is 2.37. The molecule has 8 heteroatoms. The second-order valence-electron chi connectivity index (χ2n) is 5.51. The molecule has 8 nitrogen and oxygen atoms in total. The Morgan fingerprint density at radius 1 is 1.23 bits per heavy atom. The fraction of sp³-hybridized carbons (Fsp3) is 0.167. The number of aromatic nitrogens is 2. The summed E-state index contributed by atoms with van der Waals surface area (Å²) in [7, 11) is 3.20. The highest BCUT2D eigenvalue weighted by Gasteiger charge is 2.19. The number of aryl methyl sites for hydroxylation is 1. The zero-order valence-corrected chi connectivity index (χ0v) is 14.4. The van der Waals surface area contributed by atoms with Gasteiger partial charge in [0.1, 0.15) is 11.5 Å². The van der Waals surface area contributed by atoms with Crippen LogP contribution in [0.5, 0.6) is 5.75 Å². The first-order valence-corrected chi connectivity index (χ1v) is 7.86. The van der Waals surface area contributed by atoms with Crippen LogP contribution < -0.4 is 15.4 Å². The summed E-state index contributed by atoms with van der Waals surface area (Å²) in [6.45, 7) is 0.228.